The molecule has 0 bridgehead atoms. The minimum atomic E-state index is -0.968. The number of alkyl halides is 1. The summed E-state index contributed by atoms with van der Waals surface area (Å²) in [7, 11) is 0. The molecule has 1 aliphatic carbocycles. The molecule has 1 saturated carbocycles. The average molecular weight is 265 g/mol. The largest absolute Gasteiger partial charge is 0.445 e. The van der Waals surface area contributed by atoms with Crippen LogP contribution >= 0.6 is 0 Å². The van der Waals surface area contributed by atoms with Crippen molar-refractivity contribution in [3.8, 4) is 0 Å². The Hall–Kier alpha value is -1.62. The summed E-state index contributed by atoms with van der Waals surface area (Å²) < 4.78 is 24.0. The Morgan fingerprint density at radius 2 is 2.21 bits per heavy atom. The molecule has 0 unspecified atom stereocenters. The van der Waals surface area contributed by atoms with Gasteiger partial charge in [-0.25, -0.2) is 9.18 Å². The first kappa shape index (κ1) is 12.4. The van der Waals surface area contributed by atoms with Gasteiger partial charge in [0, 0.05) is 12.5 Å². The van der Waals surface area contributed by atoms with Gasteiger partial charge in [-0.05, 0) is 5.56 Å². The number of fused-ring (bicyclic) bond motifs is 1. The van der Waals surface area contributed by atoms with Crippen molar-refractivity contribution in [1.29, 1.82) is 0 Å². The maximum Gasteiger partial charge on any atom is 0.410 e. The number of hydrogen-bond donors (Lipinski definition) is 0. The summed E-state index contributed by atoms with van der Waals surface area (Å²) in [4.78, 5) is 13.5. The lowest BCUT2D eigenvalue weighted by Gasteiger charge is -2.20. The van der Waals surface area contributed by atoms with Crippen LogP contribution in [0.2, 0.25) is 0 Å². The Morgan fingerprint density at radius 3 is 3.00 bits per heavy atom. The van der Waals surface area contributed by atoms with E-state index in [1.54, 1.807) is 0 Å². The number of rotatable bonds is 2. The second kappa shape index (κ2) is 5.17. The Balaban J connectivity index is 1.58. The first-order valence-electron chi connectivity index (χ1n) is 6.46. The summed E-state index contributed by atoms with van der Waals surface area (Å²) >= 11 is 0. The van der Waals surface area contributed by atoms with Gasteiger partial charge in [-0.1, -0.05) is 30.3 Å². The van der Waals surface area contributed by atoms with E-state index in [2.05, 4.69) is 0 Å². The molecular weight excluding hydrogens is 249 g/mol. The monoisotopic (exact) mass is 265 g/mol. The molecule has 2 fully saturated rings. The van der Waals surface area contributed by atoms with Gasteiger partial charge in [-0.2, -0.15) is 0 Å². The SMILES string of the molecule is O=C(OCc1ccccc1)N1CCOC[C@H]2[C@@H](F)[C@H]21. The smallest absolute Gasteiger partial charge is 0.410 e. The second-order valence-corrected chi connectivity index (χ2v) is 4.91. The highest BCUT2D eigenvalue weighted by Crippen LogP contribution is 2.41. The Morgan fingerprint density at radius 1 is 1.42 bits per heavy atom. The van der Waals surface area contributed by atoms with Gasteiger partial charge < -0.3 is 9.47 Å². The normalized spacial score (nSPS) is 29.3. The number of hydrogen-bond acceptors (Lipinski definition) is 3. The Labute approximate surface area is 111 Å². The van der Waals surface area contributed by atoms with E-state index in [-0.39, 0.29) is 18.6 Å². The van der Waals surface area contributed by atoms with Crippen molar-refractivity contribution in [2.24, 2.45) is 5.92 Å². The third-order valence-corrected chi connectivity index (χ3v) is 3.62. The molecule has 1 aliphatic heterocycles. The lowest BCUT2D eigenvalue weighted by Crippen LogP contribution is -2.36. The fraction of sp³-hybridized carbons (Fsp3) is 0.500. The van der Waals surface area contributed by atoms with Crippen LogP contribution in [0, 0.1) is 5.92 Å². The van der Waals surface area contributed by atoms with Crippen molar-refractivity contribution in [3.63, 3.8) is 0 Å². The summed E-state index contributed by atoms with van der Waals surface area (Å²) in [5.74, 6) is -0.174. The van der Waals surface area contributed by atoms with E-state index in [0.29, 0.717) is 19.8 Å². The van der Waals surface area contributed by atoms with Crippen LogP contribution in [-0.2, 0) is 16.1 Å². The molecule has 4 nitrogen and oxygen atoms in total. The van der Waals surface area contributed by atoms with Gasteiger partial charge >= 0.3 is 6.09 Å². The molecule has 0 aromatic heterocycles. The van der Waals surface area contributed by atoms with Gasteiger partial charge in [0.05, 0.1) is 19.3 Å². The molecule has 3 rings (SSSR count). The molecule has 19 heavy (non-hydrogen) atoms. The van der Waals surface area contributed by atoms with E-state index in [1.807, 2.05) is 30.3 Å². The summed E-state index contributed by atoms with van der Waals surface area (Å²) in [6, 6.07) is 9.09. The third kappa shape index (κ3) is 2.56. The Bertz CT molecular complexity index is 453. The quantitative estimate of drug-likeness (QED) is 0.821. The molecule has 2 aliphatic rings. The highest BCUT2D eigenvalue weighted by molar-refractivity contribution is 5.69. The van der Waals surface area contributed by atoms with E-state index in [0.717, 1.165) is 5.56 Å². The molecule has 5 heteroatoms. The van der Waals surface area contributed by atoms with Crippen molar-refractivity contribution in [2.75, 3.05) is 19.8 Å². The van der Waals surface area contributed by atoms with E-state index in [9.17, 15) is 9.18 Å². The fourth-order valence-electron chi connectivity index (χ4n) is 2.46. The Kier molecular flexibility index (Phi) is 3.38. The first-order valence-corrected chi connectivity index (χ1v) is 6.46. The fourth-order valence-corrected chi connectivity index (χ4v) is 2.46. The van der Waals surface area contributed by atoms with E-state index < -0.39 is 12.3 Å². The second-order valence-electron chi connectivity index (χ2n) is 4.91. The van der Waals surface area contributed by atoms with Crippen molar-refractivity contribution in [3.05, 3.63) is 35.9 Å². The topological polar surface area (TPSA) is 38.8 Å². The maximum atomic E-state index is 13.5. The highest BCUT2D eigenvalue weighted by atomic mass is 19.1. The van der Waals surface area contributed by atoms with Crippen molar-refractivity contribution in [2.45, 2.75) is 18.8 Å². The minimum absolute atomic E-state index is 0.174. The van der Waals surface area contributed by atoms with Crippen LogP contribution in [0.3, 0.4) is 0 Å². The van der Waals surface area contributed by atoms with Crippen molar-refractivity contribution >= 4 is 6.09 Å². The number of nitrogens with zero attached hydrogens (tertiary/aromatic N) is 1. The van der Waals surface area contributed by atoms with Crippen LogP contribution in [0.5, 0.6) is 0 Å². The van der Waals surface area contributed by atoms with Crippen LogP contribution < -0.4 is 0 Å². The molecule has 3 atom stereocenters. The van der Waals surface area contributed by atoms with Crippen LogP contribution in [-0.4, -0.2) is 43.0 Å². The third-order valence-electron chi connectivity index (χ3n) is 3.62. The van der Waals surface area contributed by atoms with E-state index in [4.69, 9.17) is 9.47 Å². The summed E-state index contributed by atoms with van der Waals surface area (Å²) in [6.07, 6.45) is -1.42. The number of ether oxygens (including phenoxy) is 2. The van der Waals surface area contributed by atoms with Gasteiger partial charge in [0.15, 0.2) is 0 Å². The van der Waals surface area contributed by atoms with Gasteiger partial charge in [0.2, 0.25) is 0 Å². The van der Waals surface area contributed by atoms with Crippen LogP contribution in [0.25, 0.3) is 0 Å². The minimum Gasteiger partial charge on any atom is -0.445 e. The molecule has 1 saturated heterocycles. The van der Waals surface area contributed by atoms with Gasteiger partial charge in [0.25, 0.3) is 0 Å². The van der Waals surface area contributed by atoms with Crippen molar-refractivity contribution < 1.29 is 18.7 Å². The predicted octanol–water partition coefficient (Wildman–Crippen LogP) is 1.99. The highest BCUT2D eigenvalue weighted by Gasteiger charge is 2.57. The van der Waals surface area contributed by atoms with Crippen LogP contribution in [0.1, 0.15) is 5.56 Å². The molecule has 1 aromatic rings. The zero-order chi connectivity index (χ0) is 13.2. The molecule has 102 valence electrons. The van der Waals surface area contributed by atoms with Crippen molar-refractivity contribution in [1.82, 2.24) is 4.90 Å². The summed E-state index contributed by atoms with van der Waals surface area (Å²) in [5.41, 5.74) is 0.922. The van der Waals surface area contributed by atoms with E-state index in [1.165, 1.54) is 4.90 Å². The lowest BCUT2D eigenvalue weighted by atomic mass is 10.2. The van der Waals surface area contributed by atoms with Gasteiger partial charge in [-0.15, -0.1) is 0 Å². The zero-order valence-corrected chi connectivity index (χ0v) is 10.5. The number of amides is 1. The number of halogens is 1. The first-order chi connectivity index (χ1) is 9.27. The molecule has 0 radical (unpaired) electrons. The molecule has 0 N–H and O–H groups in total. The molecule has 0 spiro atoms. The lowest BCUT2D eigenvalue weighted by molar-refractivity contribution is 0.0769. The molecule has 1 aromatic carbocycles. The van der Waals surface area contributed by atoms with Crippen LogP contribution in [0.15, 0.2) is 30.3 Å². The molecular formula is C14H16FNO3. The zero-order valence-electron chi connectivity index (χ0n) is 10.5. The van der Waals surface area contributed by atoms with Gasteiger partial charge in [0.1, 0.15) is 12.8 Å². The molecule has 1 heterocycles. The van der Waals surface area contributed by atoms with Crippen LogP contribution in [0.4, 0.5) is 9.18 Å². The summed E-state index contributed by atoms with van der Waals surface area (Å²) in [5, 5.41) is 0. The standard InChI is InChI=1S/C14H16FNO3/c15-12-11-9-18-7-6-16(13(11)12)14(17)19-8-10-4-2-1-3-5-10/h1-5,11-13H,6-9H2/t11-,12+,13-/m0/s1. The molecule has 1 amide bonds. The van der Waals surface area contributed by atoms with Gasteiger partial charge in [-0.3, -0.25) is 4.90 Å². The average Bonchev–Trinajstić information content (AvgIpc) is 3.13. The predicted molar refractivity (Wildman–Crippen MR) is 66.3 cm³/mol. The number of benzene rings is 1. The maximum absolute atomic E-state index is 13.5. The van der Waals surface area contributed by atoms with E-state index >= 15 is 0 Å². The summed E-state index contributed by atoms with van der Waals surface area (Å²) in [6.45, 7) is 1.45. The number of carbonyl (C=O) groups is 1. The number of carbonyl (C=O) groups excluding carboxylic acids is 1.